The van der Waals surface area contributed by atoms with Gasteiger partial charge in [0.1, 0.15) is 12.0 Å². The number of carbonyl (C=O) groups is 1. The first kappa shape index (κ1) is 15.0. The van der Waals surface area contributed by atoms with Gasteiger partial charge in [-0.05, 0) is 20.8 Å². The third-order valence-corrected chi connectivity index (χ3v) is 2.12. The summed E-state index contributed by atoms with van der Waals surface area (Å²) in [6.45, 7) is 6.30. The largest absolute Gasteiger partial charge is 0.473 e. The van der Waals surface area contributed by atoms with E-state index in [1.165, 1.54) is 6.33 Å². The van der Waals surface area contributed by atoms with Crippen LogP contribution in [-0.4, -0.2) is 35.2 Å². The lowest BCUT2D eigenvalue weighted by Crippen LogP contribution is -2.15. The molecular weight excluding hydrogens is 248 g/mol. The lowest BCUT2D eigenvalue weighted by molar-refractivity contribution is -0.142. The molecule has 0 aliphatic carbocycles. The molecule has 0 aromatic carbocycles. The summed E-state index contributed by atoms with van der Waals surface area (Å²) in [7, 11) is 0. The second-order valence-corrected chi connectivity index (χ2v) is 4.09. The Hall–Kier alpha value is -2.05. The molecule has 0 saturated heterocycles. The smallest absolute Gasteiger partial charge is 0.307 e. The highest BCUT2D eigenvalue weighted by Crippen LogP contribution is 2.25. The molecule has 0 unspecified atom stereocenters. The van der Waals surface area contributed by atoms with Crippen molar-refractivity contribution in [2.45, 2.75) is 33.3 Å². The Morgan fingerprint density at radius 2 is 2.21 bits per heavy atom. The number of nitrogens with zero attached hydrogens (tertiary/aromatic N) is 2. The Balaban J connectivity index is 2.56. The summed E-state index contributed by atoms with van der Waals surface area (Å²) < 4.78 is 10.3. The number of rotatable bonds is 7. The maximum atomic E-state index is 11.2. The van der Waals surface area contributed by atoms with Crippen LogP contribution in [0.5, 0.6) is 5.88 Å². The van der Waals surface area contributed by atoms with Crippen LogP contribution in [0.25, 0.3) is 0 Å². The molecular formula is C12H20N4O3. The molecule has 1 heterocycles. The van der Waals surface area contributed by atoms with Crippen LogP contribution in [0.3, 0.4) is 0 Å². The summed E-state index contributed by atoms with van der Waals surface area (Å²) in [6.07, 6.45) is 1.59. The highest BCUT2D eigenvalue weighted by Gasteiger charge is 2.10. The van der Waals surface area contributed by atoms with Crippen molar-refractivity contribution in [2.24, 2.45) is 0 Å². The highest BCUT2D eigenvalue weighted by molar-refractivity contribution is 5.71. The summed E-state index contributed by atoms with van der Waals surface area (Å²) in [5.74, 6) is 0.528. The van der Waals surface area contributed by atoms with Gasteiger partial charge in [0.25, 0.3) is 0 Å². The van der Waals surface area contributed by atoms with Crippen LogP contribution >= 0.6 is 0 Å². The average Bonchev–Trinajstić information content (AvgIpc) is 2.33. The van der Waals surface area contributed by atoms with E-state index in [1.54, 1.807) is 6.92 Å². The molecule has 1 aromatic rings. The Morgan fingerprint density at radius 3 is 2.84 bits per heavy atom. The van der Waals surface area contributed by atoms with Gasteiger partial charge in [-0.1, -0.05) is 0 Å². The fraction of sp³-hybridized carbons (Fsp3) is 0.583. The molecule has 19 heavy (non-hydrogen) atoms. The molecule has 7 heteroatoms. The minimum Gasteiger partial charge on any atom is -0.473 e. The molecule has 1 aromatic heterocycles. The van der Waals surface area contributed by atoms with E-state index in [-0.39, 0.29) is 18.5 Å². The summed E-state index contributed by atoms with van der Waals surface area (Å²) in [6, 6.07) is 0. The van der Waals surface area contributed by atoms with E-state index >= 15 is 0 Å². The number of nitrogens with one attached hydrogen (secondary N) is 1. The van der Waals surface area contributed by atoms with Gasteiger partial charge >= 0.3 is 5.97 Å². The fourth-order valence-corrected chi connectivity index (χ4v) is 1.35. The first-order valence-corrected chi connectivity index (χ1v) is 6.21. The SMILES string of the molecule is CCOC(=O)CCNc1ncnc(OC(C)C)c1N. The summed E-state index contributed by atoms with van der Waals surface area (Å²) in [5.41, 5.74) is 6.21. The van der Waals surface area contributed by atoms with E-state index in [2.05, 4.69) is 15.3 Å². The number of ether oxygens (including phenoxy) is 2. The molecule has 0 bridgehead atoms. The van der Waals surface area contributed by atoms with E-state index in [0.29, 0.717) is 30.5 Å². The number of nitrogens with two attached hydrogens (primary N) is 1. The van der Waals surface area contributed by atoms with Gasteiger partial charge in [-0.25, -0.2) is 4.98 Å². The lowest BCUT2D eigenvalue weighted by atomic mass is 10.4. The second-order valence-electron chi connectivity index (χ2n) is 4.09. The molecule has 0 atom stereocenters. The minimum atomic E-state index is -0.263. The van der Waals surface area contributed by atoms with Crippen LogP contribution in [0, 0.1) is 0 Å². The Morgan fingerprint density at radius 1 is 1.47 bits per heavy atom. The maximum absolute atomic E-state index is 11.2. The van der Waals surface area contributed by atoms with Crippen molar-refractivity contribution < 1.29 is 14.3 Å². The van der Waals surface area contributed by atoms with Gasteiger partial charge in [0.05, 0.1) is 19.1 Å². The summed E-state index contributed by atoms with van der Waals surface area (Å²) in [5, 5.41) is 2.96. The van der Waals surface area contributed by atoms with Crippen LogP contribution in [0.1, 0.15) is 27.2 Å². The number of anilines is 2. The van der Waals surface area contributed by atoms with E-state index in [1.807, 2.05) is 13.8 Å². The molecule has 0 radical (unpaired) electrons. The van der Waals surface area contributed by atoms with Crippen molar-refractivity contribution in [1.29, 1.82) is 0 Å². The van der Waals surface area contributed by atoms with Crippen molar-refractivity contribution in [2.75, 3.05) is 24.2 Å². The Kier molecular flexibility index (Phi) is 5.84. The highest BCUT2D eigenvalue weighted by atomic mass is 16.5. The van der Waals surface area contributed by atoms with Crippen molar-refractivity contribution >= 4 is 17.5 Å². The predicted molar refractivity (Wildman–Crippen MR) is 71.9 cm³/mol. The second kappa shape index (κ2) is 7.40. The van der Waals surface area contributed by atoms with E-state index in [9.17, 15) is 4.79 Å². The minimum absolute atomic E-state index is 0.0235. The summed E-state index contributed by atoms with van der Waals surface area (Å²) >= 11 is 0. The number of nitrogen functional groups attached to an aromatic ring is 1. The van der Waals surface area contributed by atoms with Gasteiger partial charge in [0, 0.05) is 6.54 Å². The molecule has 3 N–H and O–H groups in total. The van der Waals surface area contributed by atoms with Crippen molar-refractivity contribution in [1.82, 2.24) is 9.97 Å². The lowest BCUT2D eigenvalue weighted by Gasteiger charge is -2.13. The zero-order chi connectivity index (χ0) is 14.3. The molecule has 1 rings (SSSR count). The zero-order valence-electron chi connectivity index (χ0n) is 11.5. The monoisotopic (exact) mass is 268 g/mol. The standard InChI is InChI=1S/C12H20N4O3/c1-4-18-9(17)5-6-14-11-10(13)12(16-7-15-11)19-8(2)3/h7-8H,4-6,13H2,1-3H3,(H,14,15,16). The van der Waals surface area contributed by atoms with Gasteiger partial charge in [-0.15, -0.1) is 0 Å². The molecule has 0 fully saturated rings. The van der Waals surface area contributed by atoms with Crippen molar-refractivity contribution in [3.63, 3.8) is 0 Å². The van der Waals surface area contributed by atoms with Crippen LogP contribution in [0.15, 0.2) is 6.33 Å². The van der Waals surface area contributed by atoms with Crippen LogP contribution in [-0.2, 0) is 9.53 Å². The average molecular weight is 268 g/mol. The van der Waals surface area contributed by atoms with Crippen LogP contribution in [0.2, 0.25) is 0 Å². The van der Waals surface area contributed by atoms with Crippen molar-refractivity contribution in [3.05, 3.63) is 6.33 Å². The Labute approximate surface area is 112 Å². The first-order chi connectivity index (χ1) is 9.04. The molecule has 0 amide bonds. The quantitative estimate of drug-likeness (QED) is 0.717. The van der Waals surface area contributed by atoms with Crippen LogP contribution < -0.4 is 15.8 Å². The van der Waals surface area contributed by atoms with E-state index in [4.69, 9.17) is 15.2 Å². The number of hydrogen-bond donors (Lipinski definition) is 2. The molecule has 0 aliphatic rings. The predicted octanol–water partition coefficient (Wildman–Crippen LogP) is 1.21. The molecule has 0 saturated carbocycles. The number of aromatic nitrogens is 2. The number of carbonyl (C=O) groups excluding carboxylic acids is 1. The zero-order valence-corrected chi connectivity index (χ0v) is 11.5. The van der Waals surface area contributed by atoms with E-state index < -0.39 is 0 Å². The van der Waals surface area contributed by atoms with Crippen LogP contribution in [0.4, 0.5) is 11.5 Å². The molecule has 7 nitrogen and oxygen atoms in total. The normalized spacial score (nSPS) is 10.3. The first-order valence-electron chi connectivity index (χ1n) is 6.21. The van der Waals surface area contributed by atoms with Gasteiger partial charge in [0.2, 0.25) is 5.88 Å². The fourth-order valence-electron chi connectivity index (χ4n) is 1.35. The van der Waals surface area contributed by atoms with E-state index in [0.717, 1.165) is 0 Å². The van der Waals surface area contributed by atoms with Gasteiger partial charge in [-0.3, -0.25) is 4.79 Å². The van der Waals surface area contributed by atoms with Gasteiger partial charge in [0.15, 0.2) is 5.82 Å². The maximum Gasteiger partial charge on any atom is 0.307 e. The summed E-state index contributed by atoms with van der Waals surface area (Å²) in [4.78, 5) is 19.2. The van der Waals surface area contributed by atoms with Gasteiger partial charge in [-0.2, -0.15) is 4.98 Å². The Bertz CT molecular complexity index is 423. The molecule has 106 valence electrons. The number of esters is 1. The molecule has 0 spiro atoms. The third kappa shape index (κ3) is 4.99. The van der Waals surface area contributed by atoms with Gasteiger partial charge < -0.3 is 20.5 Å². The topological polar surface area (TPSA) is 99.4 Å². The third-order valence-electron chi connectivity index (χ3n) is 2.12. The number of hydrogen-bond acceptors (Lipinski definition) is 7. The van der Waals surface area contributed by atoms with Crippen molar-refractivity contribution in [3.8, 4) is 5.88 Å². The molecule has 0 aliphatic heterocycles.